The van der Waals surface area contributed by atoms with Crippen molar-refractivity contribution in [3.8, 4) is 0 Å². The highest BCUT2D eigenvalue weighted by Crippen LogP contribution is 2.10. The SMILES string of the molecule is Cc1cc(CNC2CCCN(C)C2=O)ncn1. The third kappa shape index (κ3) is 3.00. The predicted octanol–water partition coefficient (Wildman–Crippen LogP) is 0.495. The van der Waals surface area contributed by atoms with E-state index in [1.807, 2.05) is 20.0 Å². The van der Waals surface area contributed by atoms with Crippen LogP contribution in [0, 0.1) is 6.92 Å². The minimum atomic E-state index is -0.0657. The van der Waals surface area contributed by atoms with E-state index in [-0.39, 0.29) is 11.9 Å². The summed E-state index contributed by atoms with van der Waals surface area (Å²) in [4.78, 5) is 21.8. The first-order valence-corrected chi connectivity index (χ1v) is 5.92. The van der Waals surface area contributed by atoms with Crippen LogP contribution in [0.2, 0.25) is 0 Å². The summed E-state index contributed by atoms with van der Waals surface area (Å²) < 4.78 is 0. The fourth-order valence-corrected chi connectivity index (χ4v) is 2.06. The molecule has 1 unspecified atom stereocenters. The lowest BCUT2D eigenvalue weighted by Crippen LogP contribution is -2.48. The number of aromatic nitrogens is 2. The molecule has 0 radical (unpaired) electrons. The van der Waals surface area contributed by atoms with Crippen LogP contribution in [0.3, 0.4) is 0 Å². The summed E-state index contributed by atoms with van der Waals surface area (Å²) in [5.41, 5.74) is 1.88. The Morgan fingerprint density at radius 3 is 3.12 bits per heavy atom. The van der Waals surface area contributed by atoms with Gasteiger partial charge in [0.1, 0.15) is 6.33 Å². The Morgan fingerprint density at radius 1 is 1.53 bits per heavy atom. The van der Waals surface area contributed by atoms with Gasteiger partial charge in [-0.25, -0.2) is 9.97 Å². The summed E-state index contributed by atoms with van der Waals surface area (Å²) >= 11 is 0. The molecule has 2 heterocycles. The Hall–Kier alpha value is -1.49. The maximum atomic E-state index is 11.8. The van der Waals surface area contributed by atoms with Crippen molar-refractivity contribution in [1.82, 2.24) is 20.2 Å². The quantitative estimate of drug-likeness (QED) is 0.827. The summed E-state index contributed by atoms with van der Waals surface area (Å²) in [6.07, 6.45) is 3.52. The Labute approximate surface area is 101 Å². The monoisotopic (exact) mass is 234 g/mol. The molecule has 0 saturated carbocycles. The zero-order valence-electron chi connectivity index (χ0n) is 10.3. The maximum absolute atomic E-state index is 11.8. The summed E-state index contributed by atoms with van der Waals surface area (Å²) in [6.45, 7) is 3.42. The predicted molar refractivity (Wildman–Crippen MR) is 64.3 cm³/mol. The van der Waals surface area contributed by atoms with Gasteiger partial charge < -0.3 is 10.2 Å². The van der Waals surface area contributed by atoms with Crippen molar-refractivity contribution >= 4 is 5.91 Å². The van der Waals surface area contributed by atoms with Gasteiger partial charge in [0.2, 0.25) is 5.91 Å². The van der Waals surface area contributed by atoms with Crippen molar-refractivity contribution in [1.29, 1.82) is 0 Å². The van der Waals surface area contributed by atoms with E-state index in [1.54, 1.807) is 11.2 Å². The summed E-state index contributed by atoms with van der Waals surface area (Å²) in [5.74, 6) is 0.182. The molecule has 0 bridgehead atoms. The van der Waals surface area contributed by atoms with E-state index >= 15 is 0 Å². The highest BCUT2D eigenvalue weighted by molar-refractivity contribution is 5.82. The Kier molecular flexibility index (Phi) is 3.68. The first-order valence-electron chi connectivity index (χ1n) is 5.92. The number of nitrogens with one attached hydrogen (secondary N) is 1. The lowest BCUT2D eigenvalue weighted by Gasteiger charge is -2.29. The molecule has 1 saturated heterocycles. The Morgan fingerprint density at radius 2 is 2.35 bits per heavy atom. The number of likely N-dealkylation sites (tertiary alicyclic amines) is 1. The van der Waals surface area contributed by atoms with Crippen LogP contribution in [0.4, 0.5) is 0 Å². The van der Waals surface area contributed by atoms with E-state index < -0.39 is 0 Å². The second-order valence-corrected chi connectivity index (χ2v) is 4.49. The Bertz CT molecular complexity index is 407. The van der Waals surface area contributed by atoms with Gasteiger partial charge in [0.05, 0.1) is 11.7 Å². The smallest absolute Gasteiger partial charge is 0.239 e. The molecule has 2 rings (SSSR count). The average molecular weight is 234 g/mol. The number of rotatable bonds is 3. The van der Waals surface area contributed by atoms with Gasteiger partial charge in [-0.05, 0) is 25.8 Å². The molecule has 92 valence electrons. The van der Waals surface area contributed by atoms with Crippen molar-refractivity contribution in [3.05, 3.63) is 23.8 Å². The van der Waals surface area contributed by atoms with Crippen LogP contribution in [0.5, 0.6) is 0 Å². The highest BCUT2D eigenvalue weighted by atomic mass is 16.2. The van der Waals surface area contributed by atoms with Gasteiger partial charge in [0.15, 0.2) is 0 Å². The van der Waals surface area contributed by atoms with E-state index in [4.69, 9.17) is 0 Å². The number of nitrogens with zero attached hydrogens (tertiary/aromatic N) is 3. The first-order chi connectivity index (χ1) is 8.16. The molecule has 1 atom stereocenters. The summed E-state index contributed by atoms with van der Waals surface area (Å²) in [6, 6.07) is 1.87. The van der Waals surface area contributed by atoms with Crippen molar-refractivity contribution in [3.63, 3.8) is 0 Å². The lowest BCUT2D eigenvalue weighted by atomic mass is 10.1. The highest BCUT2D eigenvalue weighted by Gasteiger charge is 2.25. The van der Waals surface area contributed by atoms with Crippen LogP contribution in [-0.2, 0) is 11.3 Å². The number of carbonyl (C=O) groups is 1. The molecule has 1 aliphatic heterocycles. The van der Waals surface area contributed by atoms with E-state index in [1.165, 1.54) is 0 Å². The van der Waals surface area contributed by atoms with Gasteiger partial charge in [-0.3, -0.25) is 4.79 Å². The average Bonchev–Trinajstić information content (AvgIpc) is 2.31. The van der Waals surface area contributed by atoms with E-state index in [9.17, 15) is 4.79 Å². The molecule has 1 fully saturated rings. The second kappa shape index (κ2) is 5.23. The molecule has 1 aliphatic rings. The van der Waals surface area contributed by atoms with Crippen LogP contribution in [0.15, 0.2) is 12.4 Å². The first kappa shape index (κ1) is 12.0. The van der Waals surface area contributed by atoms with Crippen LogP contribution < -0.4 is 5.32 Å². The molecular formula is C12H18N4O. The normalized spacial score (nSPS) is 20.7. The molecule has 17 heavy (non-hydrogen) atoms. The minimum Gasteiger partial charge on any atom is -0.344 e. The van der Waals surface area contributed by atoms with E-state index in [2.05, 4.69) is 15.3 Å². The van der Waals surface area contributed by atoms with Gasteiger partial charge in [0, 0.05) is 25.8 Å². The van der Waals surface area contributed by atoms with Gasteiger partial charge in [-0.2, -0.15) is 0 Å². The number of amides is 1. The third-order valence-electron chi connectivity index (χ3n) is 3.05. The van der Waals surface area contributed by atoms with E-state index in [0.717, 1.165) is 30.8 Å². The number of carbonyl (C=O) groups excluding carboxylic acids is 1. The van der Waals surface area contributed by atoms with Crippen molar-refractivity contribution in [2.75, 3.05) is 13.6 Å². The van der Waals surface area contributed by atoms with Crippen LogP contribution >= 0.6 is 0 Å². The number of piperidine rings is 1. The Balaban J connectivity index is 1.91. The van der Waals surface area contributed by atoms with Crippen molar-refractivity contribution < 1.29 is 4.79 Å². The van der Waals surface area contributed by atoms with Crippen LogP contribution in [-0.4, -0.2) is 40.4 Å². The second-order valence-electron chi connectivity index (χ2n) is 4.49. The van der Waals surface area contributed by atoms with Crippen LogP contribution in [0.25, 0.3) is 0 Å². The molecular weight excluding hydrogens is 216 g/mol. The zero-order chi connectivity index (χ0) is 12.3. The molecule has 0 aromatic carbocycles. The fraction of sp³-hybridized carbons (Fsp3) is 0.583. The lowest BCUT2D eigenvalue weighted by molar-refractivity contribution is -0.134. The molecule has 1 aromatic rings. The molecule has 1 aromatic heterocycles. The van der Waals surface area contributed by atoms with Crippen molar-refractivity contribution in [2.45, 2.75) is 32.4 Å². The maximum Gasteiger partial charge on any atom is 0.239 e. The topological polar surface area (TPSA) is 58.1 Å². The van der Waals surface area contributed by atoms with Gasteiger partial charge in [-0.15, -0.1) is 0 Å². The molecule has 0 aliphatic carbocycles. The van der Waals surface area contributed by atoms with Gasteiger partial charge in [0.25, 0.3) is 0 Å². The molecule has 5 nitrogen and oxygen atoms in total. The number of hydrogen-bond acceptors (Lipinski definition) is 4. The van der Waals surface area contributed by atoms with Crippen LogP contribution in [0.1, 0.15) is 24.2 Å². The number of aryl methyl sites for hydroxylation is 1. The summed E-state index contributed by atoms with van der Waals surface area (Å²) in [5, 5.41) is 3.26. The zero-order valence-corrected chi connectivity index (χ0v) is 10.3. The number of hydrogen-bond donors (Lipinski definition) is 1. The van der Waals surface area contributed by atoms with E-state index in [0.29, 0.717) is 6.54 Å². The molecule has 5 heteroatoms. The standard InChI is InChI=1S/C12H18N4O/c1-9-6-10(15-8-14-9)7-13-11-4-3-5-16(2)12(11)17/h6,8,11,13H,3-5,7H2,1-2H3. The van der Waals surface area contributed by atoms with Gasteiger partial charge >= 0.3 is 0 Å². The summed E-state index contributed by atoms with van der Waals surface area (Å²) in [7, 11) is 1.85. The number of likely N-dealkylation sites (N-methyl/N-ethyl adjacent to an activating group) is 1. The molecule has 1 amide bonds. The minimum absolute atomic E-state index is 0.0657. The third-order valence-corrected chi connectivity index (χ3v) is 3.05. The molecule has 1 N–H and O–H groups in total. The van der Waals surface area contributed by atoms with Crippen molar-refractivity contribution in [2.24, 2.45) is 0 Å². The largest absolute Gasteiger partial charge is 0.344 e. The van der Waals surface area contributed by atoms with Gasteiger partial charge in [-0.1, -0.05) is 0 Å². The molecule has 0 spiro atoms. The fourth-order valence-electron chi connectivity index (χ4n) is 2.06.